The van der Waals surface area contributed by atoms with Crippen LogP contribution in [0.1, 0.15) is 5.56 Å². The summed E-state index contributed by atoms with van der Waals surface area (Å²) in [6.07, 6.45) is 0. The molecule has 0 saturated carbocycles. The van der Waals surface area contributed by atoms with Crippen molar-refractivity contribution in [2.24, 2.45) is 0 Å². The lowest BCUT2D eigenvalue weighted by atomic mass is 10.2. The number of thiophene rings is 1. The van der Waals surface area contributed by atoms with Gasteiger partial charge in [-0.3, -0.25) is 10.1 Å². The zero-order chi connectivity index (χ0) is 13.1. The first-order valence-corrected chi connectivity index (χ1v) is 5.84. The Morgan fingerprint density at radius 2 is 1.89 bits per heavy atom. The number of benzene rings is 1. The number of halogens is 2. The molecule has 2 rings (SSSR count). The molecule has 0 spiro atoms. The third-order valence-corrected chi connectivity index (χ3v) is 3.11. The molecule has 0 fully saturated rings. The van der Waals surface area contributed by atoms with Gasteiger partial charge in [-0.2, -0.15) is 0 Å². The van der Waals surface area contributed by atoms with E-state index in [1.165, 1.54) is 6.07 Å². The minimum Gasteiger partial charge on any atom is -0.381 e. The van der Waals surface area contributed by atoms with Gasteiger partial charge in [-0.05, 0) is 17.7 Å². The Morgan fingerprint density at radius 3 is 2.44 bits per heavy atom. The zero-order valence-electron chi connectivity index (χ0n) is 9.02. The molecule has 0 aliphatic heterocycles. The predicted molar refractivity (Wildman–Crippen MR) is 64.7 cm³/mol. The summed E-state index contributed by atoms with van der Waals surface area (Å²) in [6.45, 7) is 0.271. The van der Waals surface area contributed by atoms with Crippen LogP contribution in [0, 0.1) is 21.7 Å². The van der Waals surface area contributed by atoms with Crippen LogP contribution in [0.5, 0.6) is 0 Å². The molecule has 1 aromatic heterocycles. The SMILES string of the molecule is O=[N+]([O-])c1cc(CNc2cc(F)cc(F)c2)cs1. The lowest BCUT2D eigenvalue weighted by molar-refractivity contribution is -0.380. The fraction of sp³-hybridized carbons (Fsp3) is 0.0909. The summed E-state index contributed by atoms with van der Waals surface area (Å²) in [6, 6.07) is 4.52. The van der Waals surface area contributed by atoms with E-state index in [1.54, 1.807) is 5.38 Å². The van der Waals surface area contributed by atoms with Crippen molar-refractivity contribution in [1.29, 1.82) is 0 Å². The van der Waals surface area contributed by atoms with Crippen LogP contribution in [0.15, 0.2) is 29.6 Å². The third-order valence-electron chi connectivity index (χ3n) is 2.18. The molecule has 0 aliphatic carbocycles. The molecule has 0 saturated heterocycles. The van der Waals surface area contributed by atoms with Crippen LogP contribution in [0.3, 0.4) is 0 Å². The number of rotatable bonds is 4. The first-order valence-electron chi connectivity index (χ1n) is 4.96. The number of hydrogen-bond acceptors (Lipinski definition) is 4. The molecule has 4 nitrogen and oxygen atoms in total. The molecule has 2 aromatic rings. The van der Waals surface area contributed by atoms with Crippen molar-refractivity contribution in [1.82, 2.24) is 0 Å². The van der Waals surface area contributed by atoms with Crippen LogP contribution in [0.25, 0.3) is 0 Å². The van der Waals surface area contributed by atoms with Crippen LogP contribution >= 0.6 is 11.3 Å². The minimum atomic E-state index is -0.672. The fourth-order valence-electron chi connectivity index (χ4n) is 1.41. The highest BCUT2D eigenvalue weighted by Gasteiger charge is 2.09. The Hall–Kier alpha value is -2.02. The van der Waals surface area contributed by atoms with Gasteiger partial charge in [0.1, 0.15) is 11.6 Å². The molecule has 1 aromatic carbocycles. The van der Waals surface area contributed by atoms with Crippen molar-refractivity contribution in [2.45, 2.75) is 6.54 Å². The van der Waals surface area contributed by atoms with Crippen molar-refractivity contribution in [3.05, 3.63) is 57.0 Å². The number of hydrogen-bond donors (Lipinski definition) is 1. The second-order valence-corrected chi connectivity index (χ2v) is 4.45. The quantitative estimate of drug-likeness (QED) is 0.682. The summed E-state index contributed by atoms with van der Waals surface area (Å²) in [5, 5.41) is 14.9. The van der Waals surface area contributed by atoms with Crippen molar-refractivity contribution < 1.29 is 13.7 Å². The highest BCUT2D eigenvalue weighted by Crippen LogP contribution is 2.23. The molecule has 18 heavy (non-hydrogen) atoms. The molecular formula is C11H8F2N2O2S. The monoisotopic (exact) mass is 270 g/mol. The smallest absolute Gasteiger partial charge is 0.324 e. The van der Waals surface area contributed by atoms with Crippen molar-refractivity contribution in [3.8, 4) is 0 Å². The molecule has 0 unspecified atom stereocenters. The van der Waals surface area contributed by atoms with Gasteiger partial charge in [-0.1, -0.05) is 11.3 Å². The third kappa shape index (κ3) is 3.01. The lowest BCUT2D eigenvalue weighted by Crippen LogP contribution is -1.99. The van der Waals surface area contributed by atoms with Crippen molar-refractivity contribution in [3.63, 3.8) is 0 Å². The first kappa shape index (κ1) is 12.4. The van der Waals surface area contributed by atoms with E-state index in [1.807, 2.05) is 0 Å². The van der Waals surface area contributed by atoms with E-state index in [-0.39, 0.29) is 11.5 Å². The second kappa shape index (κ2) is 5.09. The van der Waals surface area contributed by atoms with E-state index in [9.17, 15) is 18.9 Å². The number of nitrogens with one attached hydrogen (secondary N) is 1. The topological polar surface area (TPSA) is 55.2 Å². The average Bonchev–Trinajstić information content (AvgIpc) is 2.73. The van der Waals surface area contributed by atoms with Crippen LogP contribution in [0.2, 0.25) is 0 Å². The summed E-state index contributed by atoms with van der Waals surface area (Å²) in [5.74, 6) is -1.34. The Bertz CT molecular complexity index is 566. The summed E-state index contributed by atoms with van der Waals surface area (Å²) < 4.78 is 25.8. The lowest BCUT2D eigenvalue weighted by Gasteiger charge is -2.04. The van der Waals surface area contributed by atoms with E-state index in [0.717, 1.165) is 29.5 Å². The minimum absolute atomic E-state index is 0.0391. The molecular weight excluding hydrogens is 262 g/mol. The Balaban J connectivity index is 2.04. The highest BCUT2D eigenvalue weighted by atomic mass is 32.1. The second-order valence-electron chi connectivity index (χ2n) is 3.56. The van der Waals surface area contributed by atoms with E-state index in [0.29, 0.717) is 11.3 Å². The summed E-state index contributed by atoms with van der Waals surface area (Å²) in [4.78, 5) is 10.00. The summed E-state index contributed by atoms with van der Waals surface area (Å²) in [7, 11) is 0. The molecule has 0 aliphatic rings. The normalized spacial score (nSPS) is 10.3. The van der Waals surface area contributed by atoms with Gasteiger partial charge in [0.2, 0.25) is 0 Å². The fourth-order valence-corrected chi connectivity index (χ4v) is 2.14. The van der Waals surface area contributed by atoms with Crippen molar-refractivity contribution >= 4 is 22.0 Å². The van der Waals surface area contributed by atoms with E-state index >= 15 is 0 Å². The zero-order valence-corrected chi connectivity index (χ0v) is 9.84. The number of nitrogens with zero attached hydrogens (tertiary/aromatic N) is 1. The van der Waals surface area contributed by atoms with Crippen LogP contribution in [0.4, 0.5) is 19.5 Å². The number of nitro groups is 1. The average molecular weight is 270 g/mol. The Morgan fingerprint density at radius 1 is 1.22 bits per heavy atom. The van der Waals surface area contributed by atoms with Gasteiger partial charge in [0.25, 0.3) is 0 Å². The van der Waals surface area contributed by atoms with Gasteiger partial charge in [0.15, 0.2) is 0 Å². The molecule has 7 heteroatoms. The van der Waals surface area contributed by atoms with Gasteiger partial charge in [-0.25, -0.2) is 8.78 Å². The molecule has 1 N–H and O–H groups in total. The predicted octanol–water partition coefficient (Wildman–Crippen LogP) is 3.55. The van der Waals surface area contributed by atoms with Crippen LogP contribution in [-0.4, -0.2) is 4.92 Å². The molecule has 94 valence electrons. The van der Waals surface area contributed by atoms with Gasteiger partial charge in [0.05, 0.1) is 4.92 Å². The van der Waals surface area contributed by atoms with Gasteiger partial charge in [-0.15, -0.1) is 0 Å². The summed E-state index contributed by atoms with van der Waals surface area (Å²) >= 11 is 1.01. The molecule has 0 bridgehead atoms. The molecule has 0 atom stereocenters. The largest absolute Gasteiger partial charge is 0.381 e. The van der Waals surface area contributed by atoms with Gasteiger partial charge >= 0.3 is 5.00 Å². The maximum atomic E-state index is 12.9. The molecule has 1 heterocycles. The maximum absolute atomic E-state index is 12.9. The van der Waals surface area contributed by atoms with Crippen LogP contribution in [-0.2, 0) is 6.54 Å². The molecule has 0 radical (unpaired) electrons. The van der Waals surface area contributed by atoms with Crippen molar-refractivity contribution in [2.75, 3.05) is 5.32 Å². The first-order chi connectivity index (χ1) is 8.54. The summed E-state index contributed by atoms with van der Waals surface area (Å²) in [5.41, 5.74) is 0.984. The van der Waals surface area contributed by atoms with Gasteiger partial charge < -0.3 is 5.32 Å². The Kier molecular flexibility index (Phi) is 3.52. The van der Waals surface area contributed by atoms with E-state index in [4.69, 9.17) is 0 Å². The number of anilines is 1. The maximum Gasteiger partial charge on any atom is 0.324 e. The van der Waals surface area contributed by atoms with E-state index < -0.39 is 16.6 Å². The van der Waals surface area contributed by atoms with Gasteiger partial charge in [0, 0.05) is 29.7 Å². The standard InChI is InChI=1S/C11H8F2N2O2S/c12-8-2-9(13)4-10(3-8)14-5-7-1-11(15(16)17)18-6-7/h1-4,6,14H,5H2. The highest BCUT2D eigenvalue weighted by molar-refractivity contribution is 7.13. The van der Waals surface area contributed by atoms with E-state index in [2.05, 4.69) is 5.32 Å². The van der Waals surface area contributed by atoms with Crippen LogP contribution < -0.4 is 5.32 Å². The Labute approximate surface area is 105 Å². The molecule has 0 amide bonds.